The van der Waals surface area contributed by atoms with Gasteiger partial charge in [-0.05, 0) is 54.6 Å². The second-order valence-electron chi connectivity index (χ2n) is 7.26. The van der Waals surface area contributed by atoms with Crippen molar-refractivity contribution < 1.29 is 9.53 Å². The van der Waals surface area contributed by atoms with E-state index in [1.54, 1.807) is 0 Å². The lowest BCUT2D eigenvalue weighted by Gasteiger charge is -2.38. The first-order chi connectivity index (χ1) is 12.4. The highest BCUT2D eigenvalue weighted by Crippen LogP contribution is 2.48. The molecule has 0 radical (unpaired) electrons. The lowest BCUT2D eigenvalue weighted by atomic mass is 9.67. The van der Waals surface area contributed by atoms with Crippen molar-refractivity contribution >= 4 is 42.3 Å². The molecule has 0 N–H and O–H groups in total. The molecule has 4 heteroatoms. The summed E-state index contributed by atoms with van der Waals surface area (Å²) in [6.07, 6.45) is 7.25. The zero-order valence-corrected chi connectivity index (χ0v) is 18.6. The van der Waals surface area contributed by atoms with Gasteiger partial charge in [0.15, 0.2) is 0 Å². The number of allylic oxidation sites excluding steroid dienone is 5. The van der Waals surface area contributed by atoms with E-state index in [4.69, 9.17) is 4.74 Å². The number of methoxy groups -OCH3 is 1. The molecule has 0 heterocycles. The zero-order chi connectivity index (χ0) is 18.8. The van der Waals surface area contributed by atoms with Gasteiger partial charge < -0.3 is 4.74 Å². The van der Waals surface area contributed by atoms with E-state index >= 15 is 0 Å². The Morgan fingerprint density at radius 2 is 1.92 bits per heavy atom. The number of halogens is 2. The van der Waals surface area contributed by atoms with Crippen LogP contribution in [0.5, 0.6) is 0 Å². The second-order valence-corrected chi connectivity index (χ2v) is 9.07. The molecular formula is C22H24Br2O2. The molecule has 3 rings (SSSR count). The largest absolute Gasteiger partial charge is 0.469 e. The predicted octanol–water partition coefficient (Wildman–Crippen LogP) is 6.55. The number of hydrogen-bond acceptors (Lipinski definition) is 2. The van der Waals surface area contributed by atoms with Gasteiger partial charge in [-0.2, -0.15) is 0 Å². The molecule has 3 atom stereocenters. The molecule has 26 heavy (non-hydrogen) atoms. The molecule has 0 fully saturated rings. The molecule has 1 aromatic carbocycles. The highest BCUT2D eigenvalue weighted by molar-refractivity contribution is 9.15. The Labute approximate surface area is 172 Å². The van der Waals surface area contributed by atoms with Crippen LogP contribution in [0.1, 0.15) is 37.3 Å². The maximum absolute atomic E-state index is 12.3. The van der Waals surface area contributed by atoms with Gasteiger partial charge in [-0.25, -0.2) is 0 Å². The summed E-state index contributed by atoms with van der Waals surface area (Å²) >= 11 is 7.56. The topological polar surface area (TPSA) is 26.3 Å². The van der Waals surface area contributed by atoms with Crippen molar-refractivity contribution in [1.29, 1.82) is 0 Å². The van der Waals surface area contributed by atoms with E-state index in [1.165, 1.54) is 33.9 Å². The molecule has 0 saturated heterocycles. The first-order valence-electron chi connectivity index (χ1n) is 8.98. The summed E-state index contributed by atoms with van der Waals surface area (Å²) in [6.45, 7) is 4.25. The number of fused-ring (bicyclic) bond motifs is 1. The summed E-state index contributed by atoms with van der Waals surface area (Å²) in [7, 11) is 1.49. The Balaban J connectivity index is 1.98. The van der Waals surface area contributed by atoms with Gasteiger partial charge >= 0.3 is 5.97 Å². The molecule has 2 aliphatic carbocycles. The third kappa shape index (κ3) is 4.07. The van der Waals surface area contributed by atoms with Gasteiger partial charge in [-0.3, -0.25) is 4.79 Å². The van der Waals surface area contributed by atoms with Crippen LogP contribution in [0.2, 0.25) is 0 Å². The van der Waals surface area contributed by atoms with Crippen molar-refractivity contribution in [2.75, 3.05) is 7.11 Å². The summed E-state index contributed by atoms with van der Waals surface area (Å²) in [4.78, 5) is 12.3. The Hall–Kier alpha value is -1.13. The van der Waals surface area contributed by atoms with Crippen molar-refractivity contribution in [2.45, 2.75) is 33.1 Å². The van der Waals surface area contributed by atoms with E-state index in [2.05, 4.69) is 82.1 Å². The number of aryl methyl sites for hydroxylation is 1. The quantitative estimate of drug-likeness (QED) is 0.363. The van der Waals surface area contributed by atoms with Crippen molar-refractivity contribution in [3.05, 3.63) is 63.2 Å². The Morgan fingerprint density at radius 1 is 1.23 bits per heavy atom. The number of benzene rings is 1. The van der Waals surface area contributed by atoms with Gasteiger partial charge in [-0.15, -0.1) is 0 Å². The molecule has 138 valence electrons. The predicted molar refractivity (Wildman–Crippen MR) is 114 cm³/mol. The smallest absolute Gasteiger partial charge is 0.309 e. The molecule has 0 bridgehead atoms. The normalized spacial score (nSPS) is 26.3. The monoisotopic (exact) mass is 478 g/mol. The second kappa shape index (κ2) is 8.26. The third-order valence-electron chi connectivity index (χ3n) is 5.40. The molecule has 2 nitrogen and oxygen atoms in total. The number of carbonyl (C=O) groups is 1. The first-order valence-corrected chi connectivity index (χ1v) is 10.6. The maximum atomic E-state index is 12.3. The molecular weight excluding hydrogens is 456 g/mol. The summed E-state index contributed by atoms with van der Waals surface area (Å²) in [5, 5.41) is 0. The van der Waals surface area contributed by atoms with Crippen LogP contribution in [-0.4, -0.2) is 13.1 Å². The van der Waals surface area contributed by atoms with Crippen molar-refractivity contribution in [3.63, 3.8) is 0 Å². The molecule has 1 aromatic rings. The molecule has 0 spiro atoms. The van der Waals surface area contributed by atoms with Gasteiger partial charge in [0.2, 0.25) is 0 Å². The highest BCUT2D eigenvalue weighted by atomic mass is 79.9. The van der Waals surface area contributed by atoms with E-state index in [0.717, 1.165) is 23.7 Å². The average Bonchev–Trinajstić information content (AvgIpc) is 2.61. The Morgan fingerprint density at radius 3 is 2.58 bits per heavy atom. The maximum Gasteiger partial charge on any atom is 0.309 e. The van der Waals surface area contributed by atoms with Crippen LogP contribution in [0, 0.1) is 24.7 Å². The molecule has 0 unspecified atom stereocenters. The van der Waals surface area contributed by atoms with Crippen LogP contribution in [-0.2, 0) is 9.53 Å². The van der Waals surface area contributed by atoms with Gasteiger partial charge in [0, 0.05) is 10.4 Å². The van der Waals surface area contributed by atoms with E-state index in [9.17, 15) is 4.79 Å². The van der Waals surface area contributed by atoms with Gasteiger partial charge in [0.1, 0.15) is 0 Å². The van der Waals surface area contributed by atoms with Gasteiger partial charge in [-0.1, -0.05) is 79.4 Å². The first kappa shape index (κ1) is 19.6. The van der Waals surface area contributed by atoms with Gasteiger partial charge in [0.25, 0.3) is 0 Å². The zero-order valence-electron chi connectivity index (χ0n) is 15.4. The fourth-order valence-electron chi connectivity index (χ4n) is 4.08. The number of ether oxygens (including phenoxy) is 1. The van der Waals surface area contributed by atoms with Crippen molar-refractivity contribution in [3.8, 4) is 0 Å². The molecule has 0 aliphatic heterocycles. The van der Waals surface area contributed by atoms with Crippen LogP contribution in [0.15, 0.2) is 52.0 Å². The van der Waals surface area contributed by atoms with Crippen LogP contribution < -0.4 is 0 Å². The summed E-state index contributed by atoms with van der Waals surface area (Å²) in [5.74, 6) is 0.276. The van der Waals surface area contributed by atoms with Crippen LogP contribution in [0.4, 0.5) is 0 Å². The fraction of sp³-hybridized carbons (Fsp3) is 0.409. The number of rotatable bonds is 3. The van der Waals surface area contributed by atoms with Gasteiger partial charge in [0.05, 0.1) is 13.0 Å². The SMILES string of the molecule is COC(=O)[C@H]1CCC(Br)=C2[C@H]1CC(C)=C[C@H]2/C=C(/Br)c1ccc(C)cc1. The average molecular weight is 480 g/mol. The molecule has 0 saturated carbocycles. The molecule has 0 aromatic heterocycles. The van der Waals surface area contributed by atoms with Crippen LogP contribution in [0.25, 0.3) is 4.48 Å². The molecule has 2 aliphatic rings. The van der Waals surface area contributed by atoms with Crippen LogP contribution in [0.3, 0.4) is 0 Å². The van der Waals surface area contributed by atoms with Crippen molar-refractivity contribution in [2.24, 2.45) is 17.8 Å². The summed E-state index contributed by atoms with van der Waals surface area (Å²) in [6, 6.07) is 8.51. The fourth-order valence-corrected chi connectivity index (χ4v) is 5.41. The minimum atomic E-state index is -0.0810. The van der Waals surface area contributed by atoms with E-state index in [-0.39, 0.29) is 23.7 Å². The van der Waals surface area contributed by atoms with E-state index in [0.29, 0.717) is 0 Å². The Bertz CT molecular complexity index is 787. The number of esters is 1. The van der Waals surface area contributed by atoms with Crippen LogP contribution >= 0.6 is 31.9 Å². The Kier molecular flexibility index (Phi) is 6.24. The van der Waals surface area contributed by atoms with E-state index in [1.807, 2.05) is 0 Å². The summed E-state index contributed by atoms with van der Waals surface area (Å²) < 4.78 is 7.42. The standard InChI is InChI=1S/C22H24Br2O2/c1-13-4-6-15(7-5-13)20(24)12-16-10-14(2)11-18-17(22(25)26-3)8-9-19(23)21(16)18/h4-7,10,12,16-18H,8-9,11H2,1-3H3/b20-12+/t16-,17-,18-/m0/s1. The van der Waals surface area contributed by atoms with E-state index < -0.39 is 0 Å². The number of carbonyl (C=O) groups excluding carboxylic acids is 1. The molecule has 0 amide bonds. The summed E-state index contributed by atoms with van der Waals surface area (Å²) in [5.41, 5.74) is 5.09. The minimum absolute atomic E-state index is 0.0472. The van der Waals surface area contributed by atoms with Crippen molar-refractivity contribution in [1.82, 2.24) is 0 Å². The third-order valence-corrected chi connectivity index (χ3v) is 6.97. The minimum Gasteiger partial charge on any atom is -0.469 e. The highest BCUT2D eigenvalue weighted by Gasteiger charge is 2.40. The lowest BCUT2D eigenvalue weighted by molar-refractivity contribution is -0.147. The number of hydrogen-bond donors (Lipinski definition) is 0. The lowest BCUT2D eigenvalue weighted by Crippen LogP contribution is -2.33.